The van der Waals surface area contributed by atoms with Crippen molar-refractivity contribution in [3.05, 3.63) is 29.3 Å². The molecule has 1 aromatic heterocycles. The molecule has 0 atom stereocenters. The van der Waals surface area contributed by atoms with E-state index in [0.717, 1.165) is 16.4 Å². The van der Waals surface area contributed by atoms with E-state index in [1.807, 2.05) is 31.3 Å². The highest BCUT2D eigenvalue weighted by atomic mass is 35.5. The number of rotatable bonds is 2. The summed E-state index contributed by atoms with van der Waals surface area (Å²) in [7, 11) is 3.65. The van der Waals surface area contributed by atoms with E-state index in [4.69, 9.17) is 11.6 Å². The molecule has 78 valence electrons. The molecular weight excluding hydrogens is 212 g/mol. The van der Waals surface area contributed by atoms with Crippen molar-refractivity contribution in [3.63, 3.8) is 0 Å². The maximum atomic E-state index is 5.82. The lowest BCUT2D eigenvalue weighted by Gasteiger charge is -1.98. The minimum atomic E-state index is 0.613. The Bertz CT molecular complexity index is 461. The third kappa shape index (κ3) is 1.94. The second-order valence-electron chi connectivity index (χ2n) is 3.14. The first-order valence-corrected chi connectivity index (χ1v) is 4.93. The molecule has 2 aromatic rings. The van der Waals surface area contributed by atoms with Crippen molar-refractivity contribution in [1.29, 1.82) is 0 Å². The number of benzene rings is 1. The molecule has 1 aromatic carbocycles. The lowest BCUT2D eigenvalue weighted by atomic mass is 10.2. The molecule has 0 aliphatic rings. The zero-order valence-corrected chi connectivity index (χ0v) is 9.28. The fourth-order valence-corrected chi connectivity index (χ4v) is 1.47. The molecule has 0 saturated carbocycles. The standard InChI is InChI=1S/C10H11ClN4/c1-12-10-13-9(15(2)14-10)7-3-5-8(11)6-4-7/h3-6H,1-2H3,(H,12,14). The molecular formula is C10H11ClN4. The van der Waals surface area contributed by atoms with Crippen LogP contribution in [0.4, 0.5) is 5.95 Å². The summed E-state index contributed by atoms with van der Waals surface area (Å²) in [5, 5.41) is 7.81. The molecule has 1 heterocycles. The number of nitrogens with zero attached hydrogens (tertiary/aromatic N) is 3. The number of hydrogen-bond donors (Lipinski definition) is 1. The Balaban J connectivity index is 2.44. The van der Waals surface area contributed by atoms with Gasteiger partial charge in [0.2, 0.25) is 5.95 Å². The normalized spacial score (nSPS) is 10.3. The molecule has 4 nitrogen and oxygen atoms in total. The number of hydrogen-bond acceptors (Lipinski definition) is 3. The Hall–Kier alpha value is -1.55. The van der Waals surface area contributed by atoms with Gasteiger partial charge in [0.15, 0.2) is 5.82 Å². The molecule has 0 spiro atoms. The summed E-state index contributed by atoms with van der Waals surface area (Å²) in [5.74, 6) is 1.43. The van der Waals surface area contributed by atoms with Gasteiger partial charge in [0.05, 0.1) is 0 Å². The second-order valence-corrected chi connectivity index (χ2v) is 3.58. The van der Waals surface area contributed by atoms with E-state index in [9.17, 15) is 0 Å². The predicted molar refractivity (Wildman–Crippen MR) is 61.0 cm³/mol. The maximum Gasteiger partial charge on any atom is 0.242 e. The van der Waals surface area contributed by atoms with Gasteiger partial charge in [-0.2, -0.15) is 4.98 Å². The molecule has 5 heteroatoms. The topological polar surface area (TPSA) is 42.7 Å². The minimum absolute atomic E-state index is 0.613. The van der Waals surface area contributed by atoms with Crippen LogP contribution in [-0.4, -0.2) is 21.8 Å². The lowest BCUT2D eigenvalue weighted by molar-refractivity contribution is 0.777. The van der Waals surface area contributed by atoms with E-state index >= 15 is 0 Å². The number of halogens is 1. The predicted octanol–water partition coefficient (Wildman–Crippen LogP) is 2.18. The zero-order chi connectivity index (χ0) is 10.8. The molecule has 0 saturated heterocycles. The van der Waals surface area contributed by atoms with E-state index in [1.165, 1.54) is 0 Å². The van der Waals surface area contributed by atoms with Gasteiger partial charge in [0, 0.05) is 24.7 Å². The van der Waals surface area contributed by atoms with Crippen LogP contribution in [0.5, 0.6) is 0 Å². The van der Waals surface area contributed by atoms with E-state index in [2.05, 4.69) is 15.4 Å². The van der Waals surface area contributed by atoms with E-state index in [0.29, 0.717) is 5.95 Å². The number of anilines is 1. The minimum Gasteiger partial charge on any atom is -0.356 e. The molecule has 0 fully saturated rings. The van der Waals surface area contributed by atoms with Crippen molar-refractivity contribution in [2.75, 3.05) is 12.4 Å². The van der Waals surface area contributed by atoms with Crippen molar-refractivity contribution < 1.29 is 0 Å². The van der Waals surface area contributed by atoms with E-state index in [-0.39, 0.29) is 0 Å². The summed E-state index contributed by atoms with van der Waals surface area (Å²) in [6.07, 6.45) is 0. The van der Waals surface area contributed by atoms with Crippen molar-refractivity contribution in [1.82, 2.24) is 14.8 Å². The summed E-state index contributed by atoms with van der Waals surface area (Å²) in [6.45, 7) is 0. The average Bonchev–Trinajstić information content (AvgIpc) is 2.61. The number of aryl methyl sites for hydroxylation is 1. The summed E-state index contributed by atoms with van der Waals surface area (Å²) in [4.78, 5) is 4.33. The van der Waals surface area contributed by atoms with Gasteiger partial charge in [-0.05, 0) is 24.3 Å². The quantitative estimate of drug-likeness (QED) is 0.847. The van der Waals surface area contributed by atoms with Gasteiger partial charge in [0.1, 0.15) is 0 Å². The molecule has 0 amide bonds. The van der Waals surface area contributed by atoms with Crippen LogP contribution in [0.25, 0.3) is 11.4 Å². The Morgan fingerprint density at radius 3 is 2.47 bits per heavy atom. The first kappa shape index (κ1) is 9.98. The van der Waals surface area contributed by atoms with Crippen LogP contribution in [0.1, 0.15) is 0 Å². The van der Waals surface area contributed by atoms with Gasteiger partial charge in [-0.15, -0.1) is 5.10 Å². The highest BCUT2D eigenvalue weighted by Crippen LogP contribution is 2.20. The fraction of sp³-hybridized carbons (Fsp3) is 0.200. The van der Waals surface area contributed by atoms with Crippen LogP contribution in [0.15, 0.2) is 24.3 Å². The molecule has 0 aliphatic carbocycles. The smallest absolute Gasteiger partial charge is 0.242 e. The van der Waals surface area contributed by atoms with Crippen LogP contribution in [-0.2, 0) is 7.05 Å². The number of nitrogens with one attached hydrogen (secondary N) is 1. The SMILES string of the molecule is CNc1nc(-c2ccc(Cl)cc2)n(C)n1. The molecule has 15 heavy (non-hydrogen) atoms. The monoisotopic (exact) mass is 222 g/mol. The maximum absolute atomic E-state index is 5.82. The molecule has 0 unspecified atom stereocenters. The third-order valence-corrected chi connectivity index (χ3v) is 2.34. The molecule has 2 rings (SSSR count). The van der Waals surface area contributed by atoms with Crippen molar-refractivity contribution in [3.8, 4) is 11.4 Å². The third-order valence-electron chi connectivity index (χ3n) is 2.09. The summed E-state index contributed by atoms with van der Waals surface area (Å²) >= 11 is 5.82. The van der Waals surface area contributed by atoms with E-state index in [1.54, 1.807) is 11.7 Å². The zero-order valence-electron chi connectivity index (χ0n) is 8.53. The van der Waals surface area contributed by atoms with Gasteiger partial charge < -0.3 is 5.32 Å². The highest BCUT2D eigenvalue weighted by molar-refractivity contribution is 6.30. The van der Waals surface area contributed by atoms with Crippen LogP contribution >= 0.6 is 11.6 Å². The highest BCUT2D eigenvalue weighted by Gasteiger charge is 2.07. The Morgan fingerprint density at radius 2 is 1.93 bits per heavy atom. The summed E-state index contributed by atoms with van der Waals surface area (Å²) < 4.78 is 1.73. The number of aromatic nitrogens is 3. The summed E-state index contributed by atoms with van der Waals surface area (Å²) in [5.41, 5.74) is 0.996. The molecule has 0 aliphatic heterocycles. The Kier molecular flexibility index (Phi) is 2.60. The van der Waals surface area contributed by atoms with Gasteiger partial charge >= 0.3 is 0 Å². The van der Waals surface area contributed by atoms with Gasteiger partial charge in [-0.1, -0.05) is 11.6 Å². The Labute approximate surface area is 92.9 Å². The van der Waals surface area contributed by atoms with Crippen LogP contribution < -0.4 is 5.32 Å². The first-order chi connectivity index (χ1) is 7.20. The van der Waals surface area contributed by atoms with Crippen molar-refractivity contribution in [2.24, 2.45) is 7.05 Å². The van der Waals surface area contributed by atoms with Gasteiger partial charge in [-0.3, -0.25) is 0 Å². The summed E-state index contributed by atoms with van der Waals surface area (Å²) in [6, 6.07) is 7.52. The first-order valence-electron chi connectivity index (χ1n) is 4.55. The Morgan fingerprint density at radius 1 is 1.27 bits per heavy atom. The molecule has 0 radical (unpaired) electrons. The average molecular weight is 223 g/mol. The van der Waals surface area contributed by atoms with Crippen LogP contribution in [0.2, 0.25) is 5.02 Å². The van der Waals surface area contributed by atoms with Gasteiger partial charge in [0.25, 0.3) is 0 Å². The van der Waals surface area contributed by atoms with Gasteiger partial charge in [-0.25, -0.2) is 4.68 Å². The molecule has 1 N–H and O–H groups in total. The van der Waals surface area contributed by atoms with Crippen molar-refractivity contribution >= 4 is 17.5 Å². The largest absolute Gasteiger partial charge is 0.356 e. The second kappa shape index (κ2) is 3.90. The lowest BCUT2D eigenvalue weighted by Crippen LogP contribution is -1.94. The van der Waals surface area contributed by atoms with E-state index < -0.39 is 0 Å². The van der Waals surface area contributed by atoms with Crippen LogP contribution in [0.3, 0.4) is 0 Å². The fourth-order valence-electron chi connectivity index (χ4n) is 1.34. The van der Waals surface area contributed by atoms with Crippen molar-refractivity contribution in [2.45, 2.75) is 0 Å². The molecule has 0 bridgehead atoms. The van der Waals surface area contributed by atoms with Crippen LogP contribution in [0, 0.1) is 0 Å².